The van der Waals surface area contributed by atoms with Crippen LogP contribution in [0.4, 0.5) is 23.7 Å². The average molecular weight is 307 g/mol. The predicted molar refractivity (Wildman–Crippen MR) is 69.0 cm³/mol. The van der Waals surface area contributed by atoms with Crippen molar-refractivity contribution in [1.29, 1.82) is 0 Å². The third kappa shape index (κ3) is 5.14. The summed E-state index contributed by atoms with van der Waals surface area (Å²) in [4.78, 5) is 11.5. The molecule has 5 nitrogen and oxygen atoms in total. The van der Waals surface area contributed by atoms with E-state index in [1.807, 2.05) is 0 Å². The minimum atomic E-state index is -4.84. The Morgan fingerprint density at radius 2 is 1.86 bits per heavy atom. The Balaban J connectivity index is 2.87. The minimum absolute atomic E-state index is 0.123. The smallest absolute Gasteiger partial charge is 0.418 e. The van der Waals surface area contributed by atoms with E-state index in [1.165, 1.54) is 0 Å². The Bertz CT molecular complexity index is 523. The van der Waals surface area contributed by atoms with Gasteiger partial charge < -0.3 is 14.9 Å². The van der Waals surface area contributed by atoms with Gasteiger partial charge in [-0.25, -0.2) is 4.79 Å². The number of hydrogen-bond donors (Lipinski definition) is 3. The molecule has 0 unspecified atom stereocenters. The highest BCUT2D eigenvalue weighted by Crippen LogP contribution is 2.35. The number of hydrogen-bond acceptors (Lipinski definition) is 4. The molecule has 1 rings (SSSR count). The number of phenolic OH excluding ortho intramolecular Hbond substituents is 1. The molecule has 0 spiro atoms. The normalized spacial score (nSPS) is 13.7. The quantitative estimate of drug-likeness (QED) is 0.732. The number of carbonyl (C=O) groups excluding carboxylic acids is 1. The second-order valence-corrected chi connectivity index (χ2v) is 5.35. The number of amides is 1. The molecule has 0 aliphatic carbocycles. The van der Waals surface area contributed by atoms with Gasteiger partial charge in [0.1, 0.15) is 11.4 Å². The van der Waals surface area contributed by atoms with Crippen molar-refractivity contribution in [3.63, 3.8) is 0 Å². The highest BCUT2D eigenvalue weighted by Gasteiger charge is 2.39. The monoisotopic (exact) mass is 307 g/mol. The first-order chi connectivity index (χ1) is 9.40. The van der Waals surface area contributed by atoms with E-state index in [0.29, 0.717) is 0 Å². The van der Waals surface area contributed by atoms with Crippen molar-refractivity contribution in [2.45, 2.75) is 38.7 Å². The lowest BCUT2D eigenvalue weighted by Crippen LogP contribution is -2.27. The lowest BCUT2D eigenvalue weighted by atomic mass is 10.1. The first kappa shape index (κ1) is 17.1. The number of alkyl halides is 3. The Morgan fingerprint density at radius 1 is 1.29 bits per heavy atom. The number of phenols is 1. The van der Waals surface area contributed by atoms with Gasteiger partial charge in [-0.2, -0.15) is 13.2 Å². The van der Waals surface area contributed by atoms with Crippen molar-refractivity contribution in [2.75, 3.05) is 5.32 Å². The fourth-order valence-corrected chi connectivity index (χ4v) is 1.43. The number of rotatable bonds is 2. The van der Waals surface area contributed by atoms with Crippen LogP contribution in [0, 0.1) is 0 Å². The van der Waals surface area contributed by atoms with Crippen LogP contribution in [-0.2, 0) is 4.74 Å². The molecule has 1 aromatic carbocycles. The van der Waals surface area contributed by atoms with Crippen LogP contribution in [0.1, 0.15) is 32.4 Å². The van der Waals surface area contributed by atoms with E-state index >= 15 is 0 Å². The van der Waals surface area contributed by atoms with Crippen LogP contribution in [-0.4, -0.2) is 28.1 Å². The molecule has 0 radical (unpaired) electrons. The number of nitrogens with one attached hydrogen (secondary N) is 1. The summed E-state index contributed by atoms with van der Waals surface area (Å²) >= 11 is 0. The molecule has 118 valence electrons. The van der Waals surface area contributed by atoms with Gasteiger partial charge in [0.2, 0.25) is 0 Å². The van der Waals surface area contributed by atoms with E-state index in [4.69, 9.17) is 9.84 Å². The summed E-state index contributed by atoms with van der Waals surface area (Å²) in [6.45, 7) is 4.90. The Hall–Kier alpha value is -1.96. The maximum atomic E-state index is 12.3. The Labute approximate surface area is 119 Å². The largest absolute Gasteiger partial charge is 0.506 e. The molecule has 21 heavy (non-hydrogen) atoms. The number of aliphatic hydroxyl groups excluding tert-OH is 1. The molecule has 3 N–H and O–H groups in total. The minimum Gasteiger partial charge on any atom is -0.506 e. The number of aliphatic hydroxyl groups is 1. The second-order valence-electron chi connectivity index (χ2n) is 5.35. The average Bonchev–Trinajstić information content (AvgIpc) is 2.27. The highest BCUT2D eigenvalue weighted by atomic mass is 19.4. The number of aromatic hydroxyl groups is 1. The predicted octanol–water partition coefficient (Wildman–Crippen LogP) is 3.33. The number of ether oxygens (including phenoxy) is 1. The number of anilines is 1. The van der Waals surface area contributed by atoms with Gasteiger partial charge in [-0.05, 0) is 38.5 Å². The molecule has 0 aliphatic heterocycles. The number of benzene rings is 1. The lowest BCUT2D eigenvalue weighted by molar-refractivity contribution is -0.206. The van der Waals surface area contributed by atoms with Gasteiger partial charge in [0.25, 0.3) is 0 Å². The van der Waals surface area contributed by atoms with Crippen molar-refractivity contribution in [3.8, 4) is 5.75 Å². The van der Waals surface area contributed by atoms with Crippen LogP contribution in [0.15, 0.2) is 18.2 Å². The van der Waals surface area contributed by atoms with Gasteiger partial charge in [-0.3, -0.25) is 5.32 Å². The molecular formula is C13H16F3NO4. The zero-order chi connectivity index (χ0) is 16.4. The van der Waals surface area contributed by atoms with Crippen molar-refractivity contribution < 1.29 is 32.9 Å². The van der Waals surface area contributed by atoms with E-state index in [-0.39, 0.29) is 5.69 Å². The molecule has 0 saturated carbocycles. The van der Waals surface area contributed by atoms with Crippen molar-refractivity contribution in [2.24, 2.45) is 0 Å². The first-order valence-electron chi connectivity index (χ1n) is 5.98. The third-order valence-electron chi connectivity index (χ3n) is 2.28. The van der Waals surface area contributed by atoms with Crippen molar-refractivity contribution in [3.05, 3.63) is 23.8 Å². The van der Waals surface area contributed by atoms with Crippen LogP contribution in [0.25, 0.3) is 0 Å². The van der Waals surface area contributed by atoms with E-state index < -0.39 is 35.3 Å². The molecule has 1 amide bonds. The van der Waals surface area contributed by atoms with E-state index in [2.05, 4.69) is 5.32 Å². The fraction of sp³-hybridized carbons (Fsp3) is 0.462. The van der Waals surface area contributed by atoms with Crippen LogP contribution in [0.3, 0.4) is 0 Å². The summed E-state index contributed by atoms with van der Waals surface area (Å²) in [6, 6.07) is 2.72. The molecule has 0 aliphatic rings. The zero-order valence-electron chi connectivity index (χ0n) is 11.7. The number of halogens is 3. The first-order valence-corrected chi connectivity index (χ1v) is 5.98. The van der Waals surface area contributed by atoms with Gasteiger partial charge in [-0.15, -0.1) is 0 Å². The summed E-state index contributed by atoms with van der Waals surface area (Å²) in [7, 11) is 0. The second kappa shape index (κ2) is 5.80. The van der Waals surface area contributed by atoms with Gasteiger partial charge in [-0.1, -0.05) is 6.07 Å². The molecule has 0 bridgehead atoms. The topological polar surface area (TPSA) is 78.8 Å². The zero-order valence-corrected chi connectivity index (χ0v) is 11.7. The van der Waals surface area contributed by atoms with Gasteiger partial charge >= 0.3 is 12.3 Å². The standard InChI is InChI=1S/C13H16F3NO4/c1-12(2,3)21-11(20)17-8-5-4-7(6-9(8)18)10(19)13(14,15)16/h4-6,10,18-19H,1-3H3,(H,17,20)/t10-/m1/s1. The molecule has 1 aromatic rings. The molecule has 0 aromatic heterocycles. The van der Waals surface area contributed by atoms with Gasteiger partial charge in [0.15, 0.2) is 6.10 Å². The van der Waals surface area contributed by atoms with Crippen LogP contribution >= 0.6 is 0 Å². The highest BCUT2D eigenvalue weighted by molar-refractivity contribution is 5.86. The molecular weight excluding hydrogens is 291 g/mol. The maximum absolute atomic E-state index is 12.3. The van der Waals surface area contributed by atoms with Crippen LogP contribution in [0.2, 0.25) is 0 Å². The molecule has 8 heteroatoms. The Morgan fingerprint density at radius 3 is 2.29 bits per heavy atom. The Kier molecular flexibility index (Phi) is 4.72. The summed E-state index contributed by atoms with van der Waals surface area (Å²) in [5, 5.41) is 20.9. The number of carbonyl (C=O) groups is 1. The molecule has 0 fully saturated rings. The van der Waals surface area contributed by atoms with Gasteiger partial charge in [0.05, 0.1) is 5.69 Å². The maximum Gasteiger partial charge on any atom is 0.418 e. The van der Waals surface area contributed by atoms with E-state index in [9.17, 15) is 23.1 Å². The molecule has 1 atom stereocenters. The third-order valence-corrected chi connectivity index (χ3v) is 2.28. The SMILES string of the molecule is CC(C)(C)OC(=O)Nc1ccc([C@@H](O)C(F)(F)F)cc1O. The summed E-state index contributed by atoms with van der Waals surface area (Å²) in [5.41, 5.74) is -1.41. The summed E-state index contributed by atoms with van der Waals surface area (Å²) in [6.07, 6.45) is -8.41. The lowest BCUT2D eigenvalue weighted by Gasteiger charge is -2.20. The van der Waals surface area contributed by atoms with E-state index in [1.54, 1.807) is 20.8 Å². The van der Waals surface area contributed by atoms with Crippen LogP contribution in [0.5, 0.6) is 5.75 Å². The molecule has 0 heterocycles. The van der Waals surface area contributed by atoms with E-state index in [0.717, 1.165) is 18.2 Å². The molecule has 0 saturated heterocycles. The van der Waals surface area contributed by atoms with Crippen molar-refractivity contribution in [1.82, 2.24) is 0 Å². The van der Waals surface area contributed by atoms with Crippen LogP contribution < -0.4 is 5.32 Å². The summed E-state index contributed by atoms with van der Waals surface area (Å²) in [5.74, 6) is -0.610. The van der Waals surface area contributed by atoms with Gasteiger partial charge in [0, 0.05) is 0 Å². The fourth-order valence-electron chi connectivity index (χ4n) is 1.43. The summed E-state index contributed by atoms with van der Waals surface area (Å²) < 4.78 is 42.0. The van der Waals surface area contributed by atoms with Crippen molar-refractivity contribution >= 4 is 11.8 Å².